The summed E-state index contributed by atoms with van der Waals surface area (Å²) in [6.45, 7) is 7.95. The molecule has 0 saturated carbocycles. The van der Waals surface area contributed by atoms with Gasteiger partial charge in [-0.3, -0.25) is 9.59 Å². The molecule has 0 radical (unpaired) electrons. The lowest BCUT2D eigenvalue weighted by atomic mass is 10.0. The van der Waals surface area contributed by atoms with Crippen LogP contribution in [0.1, 0.15) is 162 Å². The van der Waals surface area contributed by atoms with Crippen LogP contribution < -0.4 is 0 Å². The van der Waals surface area contributed by atoms with E-state index in [2.05, 4.69) is 20.8 Å². The van der Waals surface area contributed by atoms with Crippen LogP contribution in [-0.4, -0.2) is 25.2 Å². The summed E-state index contributed by atoms with van der Waals surface area (Å²) in [7, 11) is 0. The first-order chi connectivity index (χ1) is 16.6. The Hall–Kier alpha value is -1.06. The SMILES string of the molecule is CCCCCCCCCOC(=O)CCCCCCCCCCC(=O)OCCCCCCC(C)C. The molecule has 0 atom stereocenters. The Morgan fingerprint density at radius 1 is 0.500 bits per heavy atom. The van der Waals surface area contributed by atoms with E-state index >= 15 is 0 Å². The van der Waals surface area contributed by atoms with Gasteiger partial charge in [-0.1, -0.05) is 124 Å². The molecule has 4 heteroatoms. The minimum atomic E-state index is -0.0268. The van der Waals surface area contributed by atoms with Gasteiger partial charge in [-0.15, -0.1) is 0 Å². The molecule has 0 rings (SSSR count). The molecule has 0 unspecified atom stereocenters. The highest BCUT2D eigenvalue weighted by atomic mass is 16.5. The van der Waals surface area contributed by atoms with Crippen LogP contribution in [0.2, 0.25) is 0 Å². The highest BCUT2D eigenvalue weighted by Gasteiger charge is 2.04. The minimum Gasteiger partial charge on any atom is -0.466 e. The van der Waals surface area contributed by atoms with E-state index in [1.54, 1.807) is 0 Å². The molecule has 0 aromatic heterocycles. The molecule has 34 heavy (non-hydrogen) atoms. The van der Waals surface area contributed by atoms with Crippen molar-refractivity contribution in [2.45, 2.75) is 162 Å². The van der Waals surface area contributed by atoms with E-state index in [4.69, 9.17) is 9.47 Å². The van der Waals surface area contributed by atoms with Crippen LogP contribution in [0.15, 0.2) is 0 Å². The Labute approximate surface area is 212 Å². The molecule has 4 nitrogen and oxygen atoms in total. The predicted molar refractivity (Wildman–Crippen MR) is 144 cm³/mol. The van der Waals surface area contributed by atoms with E-state index in [-0.39, 0.29) is 11.9 Å². The Morgan fingerprint density at radius 2 is 0.853 bits per heavy atom. The van der Waals surface area contributed by atoms with Crippen molar-refractivity contribution in [2.24, 2.45) is 5.92 Å². The normalized spacial score (nSPS) is 11.2. The Bertz CT molecular complexity index is 447. The van der Waals surface area contributed by atoms with Crippen molar-refractivity contribution in [1.29, 1.82) is 0 Å². The first kappa shape index (κ1) is 32.9. The van der Waals surface area contributed by atoms with Crippen molar-refractivity contribution in [1.82, 2.24) is 0 Å². The molecule has 0 aromatic rings. The molecule has 0 heterocycles. The number of esters is 2. The first-order valence-electron chi connectivity index (χ1n) is 14.9. The van der Waals surface area contributed by atoms with Gasteiger partial charge in [0.2, 0.25) is 0 Å². The van der Waals surface area contributed by atoms with Crippen molar-refractivity contribution >= 4 is 11.9 Å². The van der Waals surface area contributed by atoms with Crippen molar-refractivity contribution in [3.63, 3.8) is 0 Å². The van der Waals surface area contributed by atoms with Crippen LogP contribution in [0, 0.1) is 5.92 Å². The zero-order valence-corrected chi connectivity index (χ0v) is 23.2. The highest BCUT2D eigenvalue weighted by Crippen LogP contribution is 2.13. The molecule has 0 aliphatic carbocycles. The Morgan fingerprint density at radius 3 is 1.26 bits per heavy atom. The van der Waals surface area contributed by atoms with Crippen LogP contribution in [0.25, 0.3) is 0 Å². The summed E-state index contributed by atoms with van der Waals surface area (Å²) in [6, 6.07) is 0. The topological polar surface area (TPSA) is 52.6 Å². The molecular weight excluding hydrogens is 424 g/mol. The molecule has 0 spiro atoms. The average molecular weight is 483 g/mol. The largest absolute Gasteiger partial charge is 0.466 e. The van der Waals surface area contributed by atoms with Gasteiger partial charge in [0.1, 0.15) is 0 Å². The third kappa shape index (κ3) is 27.2. The quantitative estimate of drug-likeness (QED) is 0.0910. The van der Waals surface area contributed by atoms with E-state index in [0.717, 1.165) is 44.4 Å². The number of hydrogen-bond donors (Lipinski definition) is 0. The fraction of sp³-hybridized carbons (Fsp3) is 0.933. The zero-order chi connectivity index (χ0) is 25.1. The van der Waals surface area contributed by atoms with Crippen molar-refractivity contribution in [3.8, 4) is 0 Å². The Kier molecular flexibility index (Phi) is 25.7. The second-order valence-electron chi connectivity index (χ2n) is 10.5. The summed E-state index contributed by atoms with van der Waals surface area (Å²) in [5.74, 6) is 0.739. The summed E-state index contributed by atoms with van der Waals surface area (Å²) in [5, 5.41) is 0. The number of hydrogen-bond acceptors (Lipinski definition) is 4. The first-order valence-corrected chi connectivity index (χ1v) is 14.9. The molecule has 0 bridgehead atoms. The molecule has 0 fully saturated rings. The summed E-state index contributed by atoms with van der Waals surface area (Å²) in [4.78, 5) is 23.5. The summed E-state index contributed by atoms with van der Waals surface area (Å²) >= 11 is 0. The number of rotatable bonds is 26. The third-order valence-corrected chi connectivity index (χ3v) is 6.46. The molecule has 0 aliphatic rings. The zero-order valence-electron chi connectivity index (χ0n) is 23.2. The van der Waals surface area contributed by atoms with E-state index < -0.39 is 0 Å². The summed E-state index contributed by atoms with van der Waals surface area (Å²) < 4.78 is 10.7. The second-order valence-corrected chi connectivity index (χ2v) is 10.5. The Balaban J connectivity index is 3.25. The fourth-order valence-electron chi connectivity index (χ4n) is 4.18. The predicted octanol–water partition coefficient (Wildman–Crippen LogP) is 9.33. The van der Waals surface area contributed by atoms with Gasteiger partial charge in [-0.25, -0.2) is 0 Å². The molecular formula is C30H58O4. The van der Waals surface area contributed by atoms with Crippen molar-refractivity contribution in [3.05, 3.63) is 0 Å². The standard InChI is InChI=1S/C30H58O4/c1-4-5-6-7-12-16-21-26-33-29(31)24-19-13-10-8-9-11-14-20-25-30(32)34-27-22-17-15-18-23-28(2)3/h28H,4-27H2,1-3H3. The number of carbonyl (C=O) groups excluding carboxylic acids is 2. The minimum absolute atomic E-state index is 0.0241. The van der Waals surface area contributed by atoms with E-state index in [0.29, 0.717) is 26.1 Å². The molecule has 0 saturated heterocycles. The smallest absolute Gasteiger partial charge is 0.305 e. The van der Waals surface area contributed by atoms with Gasteiger partial charge in [0, 0.05) is 12.8 Å². The summed E-state index contributed by atoms with van der Waals surface area (Å²) in [5.41, 5.74) is 0. The third-order valence-electron chi connectivity index (χ3n) is 6.46. The van der Waals surface area contributed by atoms with Crippen LogP contribution in [-0.2, 0) is 19.1 Å². The highest BCUT2D eigenvalue weighted by molar-refractivity contribution is 5.69. The van der Waals surface area contributed by atoms with Crippen LogP contribution in [0.5, 0.6) is 0 Å². The number of unbranched alkanes of at least 4 members (excludes halogenated alkanes) is 16. The van der Waals surface area contributed by atoms with Crippen LogP contribution >= 0.6 is 0 Å². The monoisotopic (exact) mass is 482 g/mol. The van der Waals surface area contributed by atoms with Crippen LogP contribution in [0.3, 0.4) is 0 Å². The lowest BCUT2D eigenvalue weighted by Gasteiger charge is -2.06. The number of carbonyl (C=O) groups is 2. The van der Waals surface area contributed by atoms with Gasteiger partial charge in [0.25, 0.3) is 0 Å². The molecule has 0 N–H and O–H groups in total. The molecule has 0 aliphatic heterocycles. The molecule has 0 aromatic carbocycles. The fourth-order valence-corrected chi connectivity index (χ4v) is 4.18. The van der Waals surface area contributed by atoms with Gasteiger partial charge < -0.3 is 9.47 Å². The van der Waals surface area contributed by atoms with Gasteiger partial charge >= 0.3 is 11.9 Å². The van der Waals surface area contributed by atoms with E-state index in [1.807, 2.05) is 0 Å². The lowest BCUT2D eigenvalue weighted by molar-refractivity contribution is -0.144. The maximum atomic E-state index is 11.8. The summed E-state index contributed by atoms with van der Waals surface area (Å²) in [6.07, 6.45) is 24.8. The average Bonchev–Trinajstić information content (AvgIpc) is 2.81. The maximum absolute atomic E-state index is 11.8. The van der Waals surface area contributed by atoms with Crippen molar-refractivity contribution < 1.29 is 19.1 Å². The second kappa shape index (κ2) is 26.5. The van der Waals surface area contributed by atoms with Gasteiger partial charge in [0.15, 0.2) is 0 Å². The van der Waals surface area contributed by atoms with Crippen LogP contribution in [0.4, 0.5) is 0 Å². The maximum Gasteiger partial charge on any atom is 0.305 e. The van der Waals surface area contributed by atoms with E-state index in [1.165, 1.54) is 89.9 Å². The molecule has 202 valence electrons. The van der Waals surface area contributed by atoms with E-state index in [9.17, 15) is 9.59 Å². The number of ether oxygens (including phenoxy) is 2. The van der Waals surface area contributed by atoms with Gasteiger partial charge in [-0.2, -0.15) is 0 Å². The van der Waals surface area contributed by atoms with Gasteiger partial charge in [0.05, 0.1) is 13.2 Å². The van der Waals surface area contributed by atoms with Gasteiger partial charge in [-0.05, 0) is 31.6 Å². The van der Waals surface area contributed by atoms with Crippen molar-refractivity contribution in [2.75, 3.05) is 13.2 Å². The molecule has 0 amide bonds. The lowest BCUT2D eigenvalue weighted by Crippen LogP contribution is -2.05.